The molecule has 2 nitrogen and oxygen atoms in total. The van der Waals surface area contributed by atoms with E-state index in [2.05, 4.69) is 0 Å². The molecule has 0 bridgehead atoms. The Bertz CT molecular complexity index is 459. The molecular formula is C12H9FN2. The number of nitriles is 2. The van der Waals surface area contributed by atoms with E-state index in [1.165, 1.54) is 6.07 Å². The molecule has 0 radical (unpaired) electrons. The second-order valence-corrected chi connectivity index (χ2v) is 2.91. The van der Waals surface area contributed by atoms with Gasteiger partial charge in [0.25, 0.3) is 0 Å². The van der Waals surface area contributed by atoms with Crippen LogP contribution in [0.4, 0.5) is 4.39 Å². The van der Waals surface area contributed by atoms with Crippen molar-refractivity contribution in [2.75, 3.05) is 0 Å². The number of hydrogen-bond acceptors (Lipinski definition) is 2. The van der Waals surface area contributed by atoms with E-state index >= 15 is 0 Å². The van der Waals surface area contributed by atoms with Crippen molar-refractivity contribution < 1.29 is 4.39 Å². The molecule has 0 aliphatic carbocycles. The van der Waals surface area contributed by atoms with Gasteiger partial charge < -0.3 is 0 Å². The Balaban J connectivity index is 3.40. The minimum atomic E-state index is -0.405. The molecule has 0 aliphatic heterocycles. The lowest BCUT2D eigenvalue weighted by atomic mass is 9.98. The van der Waals surface area contributed by atoms with Crippen LogP contribution in [0.5, 0.6) is 0 Å². The second-order valence-electron chi connectivity index (χ2n) is 2.91. The summed E-state index contributed by atoms with van der Waals surface area (Å²) in [5.74, 6) is -0.405. The summed E-state index contributed by atoms with van der Waals surface area (Å²) in [7, 11) is 0. The third-order valence-electron chi connectivity index (χ3n) is 2.08. The molecule has 0 fully saturated rings. The van der Waals surface area contributed by atoms with Gasteiger partial charge in [-0.2, -0.15) is 10.5 Å². The maximum absolute atomic E-state index is 13.4. The highest BCUT2D eigenvalue weighted by Crippen LogP contribution is 2.24. The topological polar surface area (TPSA) is 47.6 Å². The zero-order valence-electron chi connectivity index (χ0n) is 8.29. The maximum Gasteiger partial charge on any atom is 0.133 e. The van der Waals surface area contributed by atoms with Gasteiger partial charge in [-0.05, 0) is 18.1 Å². The number of halogens is 1. The first kappa shape index (κ1) is 10.9. The monoisotopic (exact) mass is 200 g/mol. The summed E-state index contributed by atoms with van der Waals surface area (Å²) in [6.07, 6.45) is 0.456. The Labute approximate surface area is 87.9 Å². The van der Waals surface area contributed by atoms with Gasteiger partial charge in [-0.15, -0.1) is 0 Å². The fourth-order valence-electron chi connectivity index (χ4n) is 1.37. The third-order valence-corrected chi connectivity index (χ3v) is 2.08. The highest BCUT2D eigenvalue weighted by Gasteiger charge is 2.10. The van der Waals surface area contributed by atoms with Crippen molar-refractivity contribution in [2.45, 2.75) is 13.3 Å². The Morgan fingerprint density at radius 1 is 1.27 bits per heavy atom. The third kappa shape index (κ3) is 2.21. The minimum absolute atomic E-state index is 0.0254. The molecule has 0 atom stereocenters. The first-order chi connectivity index (χ1) is 7.24. The summed E-state index contributed by atoms with van der Waals surface area (Å²) in [4.78, 5) is 0. The van der Waals surface area contributed by atoms with Crippen LogP contribution >= 0.6 is 0 Å². The fraction of sp³-hybridized carbons (Fsp3) is 0.167. The molecule has 3 heteroatoms. The summed E-state index contributed by atoms with van der Waals surface area (Å²) >= 11 is 0. The highest BCUT2D eigenvalue weighted by molar-refractivity contribution is 5.75. The van der Waals surface area contributed by atoms with E-state index in [0.29, 0.717) is 17.6 Å². The summed E-state index contributed by atoms with van der Waals surface area (Å²) in [5.41, 5.74) is 0.763. The van der Waals surface area contributed by atoms with Crippen LogP contribution in [0, 0.1) is 28.5 Å². The van der Waals surface area contributed by atoms with Gasteiger partial charge in [0.2, 0.25) is 0 Å². The average Bonchev–Trinajstić information content (AvgIpc) is 2.27. The summed E-state index contributed by atoms with van der Waals surface area (Å²) in [6.45, 7) is 1.79. The van der Waals surface area contributed by atoms with Crippen molar-refractivity contribution >= 4 is 5.57 Å². The molecule has 15 heavy (non-hydrogen) atoms. The van der Waals surface area contributed by atoms with Gasteiger partial charge in [0.05, 0.1) is 0 Å². The normalized spacial score (nSPS) is 8.80. The first-order valence-electron chi connectivity index (χ1n) is 4.52. The number of benzene rings is 1. The van der Waals surface area contributed by atoms with Crippen molar-refractivity contribution in [3.05, 3.63) is 41.2 Å². The number of rotatable bonds is 2. The number of allylic oxidation sites excluding steroid dienone is 2. The van der Waals surface area contributed by atoms with Crippen molar-refractivity contribution in [2.24, 2.45) is 0 Å². The molecule has 74 valence electrons. The van der Waals surface area contributed by atoms with E-state index in [4.69, 9.17) is 10.5 Å². The van der Waals surface area contributed by atoms with E-state index in [0.717, 1.165) is 0 Å². The largest absolute Gasteiger partial charge is 0.206 e. The van der Waals surface area contributed by atoms with Crippen LogP contribution in [-0.2, 0) is 0 Å². The van der Waals surface area contributed by atoms with E-state index < -0.39 is 5.82 Å². The molecule has 0 aromatic heterocycles. The highest BCUT2D eigenvalue weighted by atomic mass is 19.1. The van der Waals surface area contributed by atoms with Gasteiger partial charge >= 0.3 is 0 Å². The summed E-state index contributed by atoms with van der Waals surface area (Å²) in [5, 5.41) is 17.5. The second kappa shape index (κ2) is 4.93. The predicted octanol–water partition coefficient (Wildman–Crippen LogP) is 3.04. The van der Waals surface area contributed by atoms with Gasteiger partial charge in [-0.25, -0.2) is 4.39 Å². The molecule has 0 saturated carbocycles. The Kier molecular flexibility index (Phi) is 3.60. The molecule has 1 aromatic rings. The molecule has 0 unspecified atom stereocenters. The smallest absolute Gasteiger partial charge is 0.133 e. The zero-order valence-corrected chi connectivity index (χ0v) is 8.29. The quantitative estimate of drug-likeness (QED) is 0.689. The molecule has 0 amide bonds. The zero-order chi connectivity index (χ0) is 11.3. The molecule has 0 heterocycles. The van der Waals surface area contributed by atoms with Gasteiger partial charge in [-0.1, -0.05) is 25.1 Å². The van der Waals surface area contributed by atoms with Crippen molar-refractivity contribution in [1.29, 1.82) is 10.5 Å². The van der Waals surface area contributed by atoms with Crippen LogP contribution in [-0.4, -0.2) is 0 Å². The molecule has 0 saturated heterocycles. The van der Waals surface area contributed by atoms with Crippen LogP contribution in [0.25, 0.3) is 5.57 Å². The Morgan fingerprint density at radius 2 is 1.87 bits per heavy atom. The van der Waals surface area contributed by atoms with Crippen LogP contribution in [0.2, 0.25) is 0 Å². The van der Waals surface area contributed by atoms with Crippen LogP contribution in [0.15, 0.2) is 29.8 Å². The average molecular weight is 200 g/mol. The van der Waals surface area contributed by atoms with Gasteiger partial charge in [0.15, 0.2) is 0 Å². The van der Waals surface area contributed by atoms with E-state index in [1.807, 2.05) is 0 Å². The Hall–Kier alpha value is -2.13. The van der Waals surface area contributed by atoms with Crippen molar-refractivity contribution in [1.82, 2.24) is 0 Å². The maximum atomic E-state index is 13.4. The van der Waals surface area contributed by atoms with Crippen LogP contribution in [0.3, 0.4) is 0 Å². The van der Waals surface area contributed by atoms with E-state index in [1.54, 1.807) is 37.3 Å². The molecule has 0 N–H and O–H groups in total. The van der Waals surface area contributed by atoms with Crippen molar-refractivity contribution in [3.63, 3.8) is 0 Å². The predicted molar refractivity (Wildman–Crippen MR) is 54.8 cm³/mol. The Morgan fingerprint density at radius 3 is 2.33 bits per heavy atom. The van der Waals surface area contributed by atoms with Crippen molar-refractivity contribution in [3.8, 4) is 12.1 Å². The van der Waals surface area contributed by atoms with Gasteiger partial charge in [0.1, 0.15) is 23.5 Å². The molecule has 1 rings (SSSR count). The molecule has 1 aromatic carbocycles. The number of nitrogens with zero attached hydrogens (tertiary/aromatic N) is 2. The first-order valence-corrected chi connectivity index (χ1v) is 4.52. The van der Waals surface area contributed by atoms with Crippen LogP contribution < -0.4 is 0 Å². The lowest BCUT2D eigenvalue weighted by Gasteiger charge is -2.05. The van der Waals surface area contributed by atoms with Crippen LogP contribution in [0.1, 0.15) is 18.9 Å². The standard InChI is InChI=1S/C12H9FN2/c1-2-10(9(7-14)8-15)11-5-3-4-6-12(11)13/h3-6H,2H2,1H3. The molecular weight excluding hydrogens is 191 g/mol. The molecule has 0 aliphatic rings. The van der Waals surface area contributed by atoms with Gasteiger partial charge in [0, 0.05) is 5.56 Å². The fourth-order valence-corrected chi connectivity index (χ4v) is 1.37. The lowest BCUT2D eigenvalue weighted by Crippen LogP contribution is -1.92. The SMILES string of the molecule is CCC(=C(C#N)C#N)c1ccccc1F. The molecule has 0 spiro atoms. The lowest BCUT2D eigenvalue weighted by molar-refractivity contribution is 0.623. The van der Waals surface area contributed by atoms with Gasteiger partial charge in [-0.3, -0.25) is 0 Å². The summed E-state index contributed by atoms with van der Waals surface area (Å²) < 4.78 is 13.4. The number of hydrogen-bond donors (Lipinski definition) is 0. The minimum Gasteiger partial charge on any atom is -0.206 e. The van der Waals surface area contributed by atoms with E-state index in [9.17, 15) is 4.39 Å². The van der Waals surface area contributed by atoms with E-state index in [-0.39, 0.29) is 5.57 Å². The summed E-state index contributed by atoms with van der Waals surface area (Å²) in [6, 6.07) is 9.70.